The van der Waals surface area contributed by atoms with Crippen molar-refractivity contribution in [2.24, 2.45) is 5.73 Å². The minimum Gasteiger partial charge on any atom is -0.493 e. The number of hydrogen-bond donors (Lipinski definition) is 1. The number of para-hydroxylation sites is 3. The predicted octanol–water partition coefficient (Wildman–Crippen LogP) is 2.95. The smallest absolute Gasteiger partial charge is 0.169 e. The van der Waals surface area contributed by atoms with Gasteiger partial charge in [-0.2, -0.15) is 0 Å². The summed E-state index contributed by atoms with van der Waals surface area (Å²) in [5.74, 6) is 2.16. The summed E-state index contributed by atoms with van der Waals surface area (Å²) < 4.78 is 11.1. The second kappa shape index (κ2) is 5.37. The van der Waals surface area contributed by atoms with Crippen molar-refractivity contribution in [2.45, 2.75) is 6.54 Å². The molecule has 0 fully saturated rings. The molecular formula is C14H15NO2. The Hall–Kier alpha value is -2.00. The summed E-state index contributed by atoms with van der Waals surface area (Å²) in [7, 11) is 1.62. The Labute approximate surface area is 101 Å². The molecule has 2 aromatic rings. The molecule has 0 bridgehead atoms. The summed E-state index contributed by atoms with van der Waals surface area (Å²) in [5, 5.41) is 0. The van der Waals surface area contributed by atoms with Gasteiger partial charge in [-0.3, -0.25) is 0 Å². The summed E-state index contributed by atoms with van der Waals surface area (Å²) in [6.45, 7) is 0.450. The van der Waals surface area contributed by atoms with Crippen molar-refractivity contribution in [3.8, 4) is 17.2 Å². The minimum absolute atomic E-state index is 0.450. The lowest BCUT2D eigenvalue weighted by molar-refractivity contribution is 0.377. The van der Waals surface area contributed by atoms with Crippen LogP contribution in [0.4, 0.5) is 0 Å². The Morgan fingerprint density at radius 1 is 0.882 bits per heavy atom. The first-order chi connectivity index (χ1) is 8.35. The first kappa shape index (κ1) is 11.5. The number of rotatable bonds is 4. The van der Waals surface area contributed by atoms with Gasteiger partial charge in [-0.15, -0.1) is 0 Å². The maximum absolute atomic E-state index is 5.82. The Morgan fingerprint density at radius 3 is 2.12 bits per heavy atom. The van der Waals surface area contributed by atoms with Gasteiger partial charge in [0, 0.05) is 12.1 Å². The number of benzene rings is 2. The minimum atomic E-state index is 0.450. The number of ether oxygens (including phenoxy) is 2. The molecule has 0 aliphatic heterocycles. The molecule has 0 aromatic heterocycles. The normalized spacial score (nSPS) is 10.0. The topological polar surface area (TPSA) is 44.5 Å². The van der Waals surface area contributed by atoms with Crippen LogP contribution in [0.3, 0.4) is 0 Å². The zero-order chi connectivity index (χ0) is 12.1. The van der Waals surface area contributed by atoms with E-state index in [4.69, 9.17) is 15.2 Å². The van der Waals surface area contributed by atoms with Crippen LogP contribution in [-0.2, 0) is 6.54 Å². The van der Waals surface area contributed by atoms with E-state index in [1.807, 2.05) is 48.5 Å². The molecular weight excluding hydrogens is 214 g/mol. The van der Waals surface area contributed by atoms with Gasteiger partial charge in [-0.05, 0) is 18.2 Å². The van der Waals surface area contributed by atoms with Crippen molar-refractivity contribution in [2.75, 3.05) is 7.11 Å². The van der Waals surface area contributed by atoms with E-state index in [9.17, 15) is 0 Å². The van der Waals surface area contributed by atoms with E-state index in [-0.39, 0.29) is 0 Å². The molecule has 0 amide bonds. The molecule has 0 spiro atoms. The van der Waals surface area contributed by atoms with Crippen molar-refractivity contribution in [1.82, 2.24) is 0 Å². The molecule has 0 saturated heterocycles. The van der Waals surface area contributed by atoms with Gasteiger partial charge in [0.2, 0.25) is 0 Å². The molecule has 88 valence electrons. The van der Waals surface area contributed by atoms with E-state index in [0.717, 1.165) is 11.3 Å². The molecule has 3 nitrogen and oxygen atoms in total. The third-order valence-corrected chi connectivity index (χ3v) is 2.48. The molecule has 0 unspecified atom stereocenters. The largest absolute Gasteiger partial charge is 0.493 e. The highest BCUT2D eigenvalue weighted by Gasteiger charge is 2.06. The Morgan fingerprint density at radius 2 is 1.47 bits per heavy atom. The van der Waals surface area contributed by atoms with Crippen LogP contribution in [0.5, 0.6) is 17.2 Å². The Bertz CT molecular complexity index is 452. The fourth-order valence-electron chi connectivity index (χ4n) is 1.59. The van der Waals surface area contributed by atoms with Crippen molar-refractivity contribution < 1.29 is 9.47 Å². The SMILES string of the molecule is COc1ccccc1Oc1ccccc1CN. The fraction of sp³-hybridized carbons (Fsp3) is 0.143. The Balaban J connectivity index is 2.31. The predicted molar refractivity (Wildman–Crippen MR) is 67.4 cm³/mol. The van der Waals surface area contributed by atoms with Crippen molar-refractivity contribution >= 4 is 0 Å². The standard InChI is InChI=1S/C14H15NO2/c1-16-13-8-4-5-9-14(13)17-12-7-3-2-6-11(12)10-15/h2-9H,10,15H2,1H3. The first-order valence-corrected chi connectivity index (χ1v) is 5.44. The molecule has 2 N–H and O–H groups in total. The zero-order valence-corrected chi connectivity index (χ0v) is 9.72. The van der Waals surface area contributed by atoms with E-state index in [2.05, 4.69) is 0 Å². The van der Waals surface area contributed by atoms with Crippen LogP contribution in [0.15, 0.2) is 48.5 Å². The lowest BCUT2D eigenvalue weighted by Gasteiger charge is -2.12. The van der Waals surface area contributed by atoms with E-state index < -0.39 is 0 Å². The van der Waals surface area contributed by atoms with Crippen LogP contribution in [0.2, 0.25) is 0 Å². The van der Waals surface area contributed by atoms with Gasteiger partial charge in [0.25, 0.3) is 0 Å². The van der Waals surface area contributed by atoms with Crippen molar-refractivity contribution in [3.05, 3.63) is 54.1 Å². The van der Waals surface area contributed by atoms with Crippen molar-refractivity contribution in [3.63, 3.8) is 0 Å². The molecule has 0 saturated carbocycles. The number of nitrogens with two attached hydrogens (primary N) is 1. The average Bonchev–Trinajstić information content (AvgIpc) is 2.40. The van der Waals surface area contributed by atoms with Gasteiger partial charge in [-0.1, -0.05) is 30.3 Å². The molecule has 0 atom stereocenters. The maximum atomic E-state index is 5.82. The third-order valence-electron chi connectivity index (χ3n) is 2.48. The molecule has 0 aliphatic carbocycles. The highest BCUT2D eigenvalue weighted by atomic mass is 16.5. The highest BCUT2D eigenvalue weighted by molar-refractivity contribution is 5.44. The van der Waals surface area contributed by atoms with Crippen LogP contribution < -0.4 is 15.2 Å². The van der Waals surface area contributed by atoms with Crippen LogP contribution >= 0.6 is 0 Å². The van der Waals surface area contributed by atoms with Crippen LogP contribution in [-0.4, -0.2) is 7.11 Å². The summed E-state index contributed by atoms with van der Waals surface area (Å²) >= 11 is 0. The first-order valence-electron chi connectivity index (χ1n) is 5.44. The zero-order valence-electron chi connectivity index (χ0n) is 9.72. The molecule has 0 radical (unpaired) electrons. The van der Waals surface area contributed by atoms with Crippen LogP contribution in [0.25, 0.3) is 0 Å². The molecule has 3 heteroatoms. The monoisotopic (exact) mass is 229 g/mol. The second-order valence-electron chi connectivity index (χ2n) is 3.56. The number of hydrogen-bond acceptors (Lipinski definition) is 3. The lowest BCUT2D eigenvalue weighted by Crippen LogP contribution is -1.99. The maximum Gasteiger partial charge on any atom is 0.169 e. The molecule has 0 aliphatic rings. The van der Waals surface area contributed by atoms with E-state index in [1.165, 1.54) is 0 Å². The fourth-order valence-corrected chi connectivity index (χ4v) is 1.59. The molecule has 0 heterocycles. The van der Waals surface area contributed by atoms with Crippen molar-refractivity contribution in [1.29, 1.82) is 0 Å². The lowest BCUT2D eigenvalue weighted by atomic mass is 10.2. The summed E-state index contributed by atoms with van der Waals surface area (Å²) in [5.41, 5.74) is 6.63. The van der Waals surface area contributed by atoms with Gasteiger partial charge in [0.1, 0.15) is 5.75 Å². The third kappa shape index (κ3) is 2.57. The molecule has 2 aromatic carbocycles. The van der Waals surface area contributed by atoms with Gasteiger partial charge < -0.3 is 15.2 Å². The number of methoxy groups -OCH3 is 1. The molecule has 2 rings (SSSR count). The highest BCUT2D eigenvalue weighted by Crippen LogP contribution is 2.32. The average molecular weight is 229 g/mol. The Kier molecular flexibility index (Phi) is 3.62. The summed E-state index contributed by atoms with van der Waals surface area (Å²) in [6, 6.07) is 15.2. The van der Waals surface area contributed by atoms with E-state index >= 15 is 0 Å². The second-order valence-corrected chi connectivity index (χ2v) is 3.56. The van der Waals surface area contributed by atoms with Gasteiger partial charge in [-0.25, -0.2) is 0 Å². The van der Waals surface area contributed by atoms with Crippen LogP contribution in [0, 0.1) is 0 Å². The molecule has 17 heavy (non-hydrogen) atoms. The van der Waals surface area contributed by atoms with Gasteiger partial charge in [0.15, 0.2) is 11.5 Å². The van der Waals surface area contributed by atoms with Crippen LogP contribution in [0.1, 0.15) is 5.56 Å². The van der Waals surface area contributed by atoms with E-state index in [0.29, 0.717) is 18.0 Å². The van der Waals surface area contributed by atoms with E-state index in [1.54, 1.807) is 7.11 Å². The quantitative estimate of drug-likeness (QED) is 0.876. The summed E-state index contributed by atoms with van der Waals surface area (Å²) in [4.78, 5) is 0. The van der Waals surface area contributed by atoms with Gasteiger partial charge in [0.05, 0.1) is 7.11 Å². The summed E-state index contributed by atoms with van der Waals surface area (Å²) in [6.07, 6.45) is 0. The van der Waals surface area contributed by atoms with Gasteiger partial charge >= 0.3 is 0 Å².